The van der Waals surface area contributed by atoms with Crippen molar-refractivity contribution < 1.29 is 13.2 Å². The molecule has 2 rings (SSSR count). The van der Waals surface area contributed by atoms with Crippen molar-refractivity contribution in [3.63, 3.8) is 0 Å². The summed E-state index contributed by atoms with van der Waals surface area (Å²) in [5.74, 6) is 0.349. The largest absolute Gasteiger partial charge is 0.495 e. The van der Waals surface area contributed by atoms with Gasteiger partial charge in [0.1, 0.15) is 10.6 Å². The Balaban J connectivity index is 2.15. The van der Waals surface area contributed by atoms with Crippen LogP contribution in [-0.4, -0.2) is 38.4 Å². The number of benzene rings is 1. The zero-order valence-electron chi connectivity index (χ0n) is 12.1. The molecule has 0 aliphatic carbocycles. The lowest BCUT2D eigenvalue weighted by molar-refractivity contribution is 0.398. The number of methoxy groups -OCH3 is 1. The Morgan fingerprint density at radius 2 is 1.86 bits per heavy atom. The van der Waals surface area contributed by atoms with E-state index in [1.165, 1.54) is 11.4 Å². The van der Waals surface area contributed by atoms with Crippen LogP contribution in [0.1, 0.15) is 5.69 Å². The normalized spacial score (nSPS) is 11.6. The van der Waals surface area contributed by atoms with Crippen molar-refractivity contribution in [2.75, 3.05) is 20.7 Å². The van der Waals surface area contributed by atoms with Gasteiger partial charge in [0, 0.05) is 31.9 Å². The summed E-state index contributed by atoms with van der Waals surface area (Å²) < 4.78 is 31.6. The Labute approximate surface area is 125 Å². The number of likely N-dealkylation sites (N-methyl/N-ethyl adjacent to an activating group) is 1. The lowest BCUT2D eigenvalue weighted by Gasteiger charge is -2.18. The molecule has 0 atom stereocenters. The molecule has 0 spiro atoms. The lowest BCUT2D eigenvalue weighted by atomic mass is 10.3. The first-order chi connectivity index (χ1) is 10.1. The summed E-state index contributed by atoms with van der Waals surface area (Å²) in [6.45, 7) is 0.359. The van der Waals surface area contributed by atoms with Crippen LogP contribution in [0.5, 0.6) is 5.75 Å². The van der Waals surface area contributed by atoms with Crippen molar-refractivity contribution in [2.24, 2.45) is 0 Å². The smallest absolute Gasteiger partial charge is 0.246 e. The zero-order chi connectivity index (χ0) is 15.3. The number of nitrogens with zero attached hydrogens (tertiary/aromatic N) is 2. The number of aromatic nitrogens is 1. The maximum absolute atomic E-state index is 12.6. The van der Waals surface area contributed by atoms with Crippen molar-refractivity contribution in [1.29, 1.82) is 0 Å². The summed E-state index contributed by atoms with van der Waals surface area (Å²) in [4.78, 5) is 4.37. The third-order valence-corrected chi connectivity index (χ3v) is 5.06. The van der Waals surface area contributed by atoms with E-state index in [9.17, 15) is 8.42 Å². The number of ether oxygens (including phenoxy) is 1. The maximum Gasteiger partial charge on any atom is 0.246 e. The highest BCUT2D eigenvalue weighted by atomic mass is 32.2. The Bertz CT molecular complexity index is 687. The molecule has 0 aliphatic rings. The van der Waals surface area contributed by atoms with E-state index in [0.29, 0.717) is 18.7 Å². The van der Waals surface area contributed by atoms with Crippen molar-refractivity contribution in [2.45, 2.75) is 11.3 Å². The van der Waals surface area contributed by atoms with E-state index in [1.807, 2.05) is 18.2 Å². The van der Waals surface area contributed by atoms with Gasteiger partial charge in [0.05, 0.1) is 7.11 Å². The molecule has 2 aromatic rings. The SMILES string of the molecule is COc1ccccc1S(=O)(=O)N(C)CCc1ccccn1. The molecule has 0 fully saturated rings. The van der Waals surface area contributed by atoms with E-state index in [1.54, 1.807) is 37.5 Å². The Morgan fingerprint density at radius 3 is 2.52 bits per heavy atom. The average Bonchev–Trinajstić information content (AvgIpc) is 2.53. The van der Waals surface area contributed by atoms with Gasteiger partial charge in [-0.05, 0) is 24.3 Å². The van der Waals surface area contributed by atoms with E-state index in [-0.39, 0.29) is 4.90 Å². The summed E-state index contributed by atoms with van der Waals surface area (Å²) in [7, 11) is -0.551. The van der Waals surface area contributed by atoms with Gasteiger partial charge in [-0.15, -0.1) is 0 Å². The second kappa shape index (κ2) is 6.69. The third-order valence-electron chi connectivity index (χ3n) is 3.17. The van der Waals surface area contributed by atoms with Gasteiger partial charge in [0.25, 0.3) is 0 Å². The van der Waals surface area contributed by atoms with Crippen LogP contribution in [-0.2, 0) is 16.4 Å². The highest BCUT2D eigenvalue weighted by molar-refractivity contribution is 7.89. The van der Waals surface area contributed by atoms with Crippen molar-refractivity contribution in [1.82, 2.24) is 9.29 Å². The van der Waals surface area contributed by atoms with Crippen LogP contribution in [0, 0.1) is 0 Å². The van der Waals surface area contributed by atoms with Gasteiger partial charge in [0.15, 0.2) is 0 Å². The van der Waals surface area contributed by atoms with Gasteiger partial charge >= 0.3 is 0 Å². The highest BCUT2D eigenvalue weighted by Gasteiger charge is 2.24. The fourth-order valence-corrected chi connectivity index (χ4v) is 3.26. The molecule has 0 N–H and O–H groups in total. The molecule has 1 aromatic heterocycles. The first-order valence-corrected chi connectivity index (χ1v) is 7.99. The summed E-state index contributed by atoms with van der Waals surface area (Å²) in [6.07, 6.45) is 2.26. The molecular weight excluding hydrogens is 288 g/mol. The minimum absolute atomic E-state index is 0.177. The summed E-state index contributed by atoms with van der Waals surface area (Å²) in [5.41, 5.74) is 0.861. The van der Waals surface area contributed by atoms with Gasteiger partial charge in [-0.1, -0.05) is 18.2 Å². The van der Waals surface area contributed by atoms with E-state index < -0.39 is 10.0 Å². The third kappa shape index (κ3) is 3.59. The molecular formula is C15H18N2O3S. The fourth-order valence-electron chi connectivity index (χ4n) is 1.94. The topological polar surface area (TPSA) is 59.5 Å². The number of hydrogen-bond acceptors (Lipinski definition) is 4. The number of pyridine rings is 1. The van der Waals surface area contributed by atoms with Crippen LogP contribution in [0.25, 0.3) is 0 Å². The van der Waals surface area contributed by atoms with Crippen molar-refractivity contribution in [3.05, 3.63) is 54.4 Å². The predicted octanol–water partition coefficient (Wildman–Crippen LogP) is 1.95. The summed E-state index contributed by atoms with van der Waals surface area (Å²) in [5, 5.41) is 0. The highest BCUT2D eigenvalue weighted by Crippen LogP contribution is 2.25. The van der Waals surface area contributed by atoms with Crippen LogP contribution in [0.2, 0.25) is 0 Å². The Hall–Kier alpha value is -1.92. The van der Waals surface area contributed by atoms with Crippen LogP contribution < -0.4 is 4.74 Å². The first kappa shape index (κ1) is 15.5. The quantitative estimate of drug-likeness (QED) is 0.818. The van der Waals surface area contributed by atoms with Crippen LogP contribution >= 0.6 is 0 Å². The molecule has 0 saturated carbocycles. The second-order valence-corrected chi connectivity index (χ2v) is 6.56. The molecule has 0 amide bonds. The van der Waals surface area contributed by atoms with E-state index in [2.05, 4.69) is 4.98 Å². The summed E-state index contributed by atoms with van der Waals surface area (Å²) >= 11 is 0. The summed E-state index contributed by atoms with van der Waals surface area (Å²) in [6, 6.07) is 12.2. The molecule has 21 heavy (non-hydrogen) atoms. The van der Waals surface area contributed by atoms with Crippen molar-refractivity contribution >= 4 is 10.0 Å². The standard InChI is InChI=1S/C15H18N2O3S/c1-17(12-10-13-7-5-6-11-16-13)21(18,19)15-9-4-3-8-14(15)20-2/h3-9,11H,10,12H2,1-2H3. The molecule has 0 radical (unpaired) electrons. The maximum atomic E-state index is 12.6. The van der Waals surface area contributed by atoms with Crippen molar-refractivity contribution in [3.8, 4) is 5.75 Å². The van der Waals surface area contributed by atoms with Gasteiger partial charge in [-0.3, -0.25) is 4.98 Å². The molecule has 1 aromatic carbocycles. The Morgan fingerprint density at radius 1 is 1.14 bits per heavy atom. The van der Waals surface area contributed by atoms with Gasteiger partial charge < -0.3 is 4.74 Å². The van der Waals surface area contributed by atoms with E-state index in [4.69, 9.17) is 4.74 Å². The number of hydrogen-bond donors (Lipinski definition) is 0. The fraction of sp³-hybridized carbons (Fsp3) is 0.267. The molecule has 6 heteroatoms. The molecule has 1 heterocycles. The zero-order valence-corrected chi connectivity index (χ0v) is 12.9. The predicted molar refractivity (Wildman–Crippen MR) is 80.8 cm³/mol. The molecule has 112 valence electrons. The molecule has 0 aliphatic heterocycles. The van der Waals surface area contributed by atoms with Crippen LogP contribution in [0.15, 0.2) is 53.6 Å². The van der Waals surface area contributed by atoms with E-state index in [0.717, 1.165) is 5.69 Å². The van der Waals surface area contributed by atoms with Gasteiger partial charge in [0.2, 0.25) is 10.0 Å². The minimum atomic E-state index is -3.57. The number of para-hydroxylation sites is 1. The Kier molecular flexibility index (Phi) is 4.93. The monoisotopic (exact) mass is 306 g/mol. The average molecular weight is 306 g/mol. The van der Waals surface area contributed by atoms with Crippen LogP contribution in [0.3, 0.4) is 0 Å². The van der Waals surface area contributed by atoms with Crippen LogP contribution in [0.4, 0.5) is 0 Å². The molecule has 0 bridgehead atoms. The first-order valence-electron chi connectivity index (χ1n) is 6.55. The number of sulfonamides is 1. The molecule has 0 unspecified atom stereocenters. The van der Waals surface area contributed by atoms with E-state index >= 15 is 0 Å². The molecule has 5 nitrogen and oxygen atoms in total. The molecule has 0 saturated heterocycles. The van der Waals surface area contributed by atoms with Gasteiger partial charge in [-0.25, -0.2) is 12.7 Å². The van der Waals surface area contributed by atoms with Gasteiger partial charge in [-0.2, -0.15) is 0 Å². The number of rotatable bonds is 6. The minimum Gasteiger partial charge on any atom is -0.495 e. The second-order valence-electron chi connectivity index (χ2n) is 4.55. The lowest BCUT2D eigenvalue weighted by Crippen LogP contribution is -2.29.